The maximum atomic E-state index is 12.3. The number of aliphatic hydroxyl groups excluding tert-OH is 1. The monoisotopic (exact) mass is 865 g/mol. The van der Waals surface area contributed by atoms with Crippen molar-refractivity contribution in [3.8, 4) is 0 Å². The Morgan fingerprint density at radius 2 is 0.694 bits per heavy atom. The summed E-state index contributed by atoms with van der Waals surface area (Å²) in [5, 5.41) is 9.61. The maximum Gasteiger partial charge on any atom is 0.306 e. The van der Waals surface area contributed by atoms with E-state index in [0.29, 0.717) is 12.8 Å². The smallest absolute Gasteiger partial charge is 0.306 e. The van der Waals surface area contributed by atoms with E-state index in [2.05, 4.69) is 86.8 Å². The third-order valence-electron chi connectivity index (χ3n) is 11.5. The van der Waals surface area contributed by atoms with E-state index in [9.17, 15) is 14.7 Å². The zero-order valence-corrected chi connectivity index (χ0v) is 40.9. The number of carbonyl (C=O) groups excluding carboxylic acids is 2. The first-order valence-corrected chi connectivity index (χ1v) is 26.5. The van der Waals surface area contributed by atoms with Crippen LogP contribution >= 0.6 is 0 Å². The summed E-state index contributed by atoms with van der Waals surface area (Å²) in [4.78, 5) is 24.4. The van der Waals surface area contributed by atoms with E-state index in [0.717, 1.165) is 77.0 Å². The van der Waals surface area contributed by atoms with Crippen LogP contribution < -0.4 is 0 Å². The average Bonchev–Trinajstić information content (AvgIpc) is 3.28. The summed E-state index contributed by atoms with van der Waals surface area (Å²) in [6, 6.07) is 0. The lowest BCUT2D eigenvalue weighted by Gasteiger charge is -2.15. The minimum atomic E-state index is -0.770. The zero-order valence-electron chi connectivity index (χ0n) is 40.9. The standard InChI is InChI=1S/C57H100O5/c1-3-5-7-9-11-13-15-17-18-19-20-21-22-23-24-25-26-27-28-29-30-31-32-33-34-35-36-37-38-40-42-44-46-48-50-52-57(60)62-55(53-58)54-61-56(59)51-49-47-45-43-41-39-16-14-12-10-8-6-4-2/h5,7,11,13,17-18,20-21,23-24,26-27,55,58H,3-4,6,8-10,12,14-16,19,22,25,28-54H2,1-2H3/b7-5-,13-11-,18-17-,21-20-,24-23-,27-26-. The molecule has 5 heteroatoms. The first-order chi connectivity index (χ1) is 30.6. The van der Waals surface area contributed by atoms with Gasteiger partial charge in [0.15, 0.2) is 6.10 Å². The Labute approximate surface area is 384 Å². The summed E-state index contributed by atoms with van der Waals surface area (Å²) < 4.78 is 10.7. The lowest BCUT2D eigenvalue weighted by molar-refractivity contribution is -0.161. The van der Waals surface area contributed by atoms with Gasteiger partial charge < -0.3 is 14.6 Å². The second-order valence-electron chi connectivity index (χ2n) is 17.6. The van der Waals surface area contributed by atoms with Gasteiger partial charge in [0.2, 0.25) is 0 Å². The molecule has 0 aromatic rings. The molecule has 1 atom stereocenters. The van der Waals surface area contributed by atoms with Gasteiger partial charge in [-0.3, -0.25) is 9.59 Å². The average molecular weight is 865 g/mol. The molecule has 0 fully saturated rings. The second kappa shape index (κ2) is 52.7. The number of rotatable bonds is 48. The maximum absolute atomic E-state index is 12.3. The van der Waals surface area contributed by atoms with Crippen LogP contribution in [0.15, 0.2) is 72.9 Å². The molecule has 0 bridgehead atoms. The molecule has 1 N–H and O–H groups in total. The van der Waals surface area contributed by atoms with E-state index < -0.39 is 6.10 Å². The number of hydrogen-bond donors (Lipinski definition) is 1. The van der Waals surface area contributed by atoms with Crippen LogP contribution in [0.4, 0.5) is 0 Å². The summed E-state index contributed by atoms with van der Waals surface area (Å²) in [5.74, 6) is -0.582. The van der Waals surface area contributed by atoms with Gasteiger partial charge in [-0.15, -0.1) is 0 Å². The molecule has 0 saturated carbocycles. The van der Waals surface area contributed by atoms with Crippen LogP contribution in [0.5, 0.6) is 0 Å². The highest BCUT2D eigenvalue weighted by Crippen LogP contribution is 2.16. The first-order valence-electron chi connectivity index (χ1n) is 26.5. The van der Waals surface area contributed by atoms with E-state index in [4.69, 9.17) is 9.47 Å². The molecule has 358 valence electrons. The molecule has 0 rings (SSSR count). The van der Waals surface area contributed by atoms with Gasteiger partial charge in [-0.1, -0.05) is 254 Å². The highest BCUT2D eigenvalue weighted by atomic mass is 16.6. The molecule has 0 aromatic heterocycles. The van der Waals surface area contributed by atoms with Crippen molar-refractivity contribution in [2.45, 2.75) is 264 Å². The first kappa shape index (κ1) is 59.3. The molecule has 0 aliphatic carbocycles. The SMILES string of the molecule is CC/C=C\C/C=C\C/C=C\C/C=C\C/C=C\C/C=C\CCCCCCCCCCCCCCCCCCC(=O)OC(CO)COC(=O)CCCCCCCCCCCCCCC. The van der Waals surface area contributed by atoms with Gasteiger partial charge >= 0.3 is 11.9 Å². The van der Waals surface area contributed by atoms with E-state index >= 15 is 0 Å². The molecule has 5 nitrogen and oxygen atoms in total. The Morgan fingerprint density at radius 3 is 1.05 bits per heavy atom. The van der Waals surface area contributed by atoms with Crippen molar-refractivity contribution in [1.29, 1.82) is 0 Å². The van der Waals surface area contributed by atoms with Crippen molar-refractivity contribution in [2.75, 3.05) is 13.2 Å². The van der Waals surface area contributed by atoms with Gasteiger partial charge in [0.25, 0.3) is 0 Å². The van der Waals surface area contributed by atoms with Gasteiger partial charge in [-0.05, 0) is 64.2 Å². The van der Waals surface area contributed by atoms with Gasteiger partial charge in [0, 0.05) is 12.8 Å². The van der Waals surface area contributed by atoms with Gasteiger partial charge in [-0.25, -0.2) is 0 Å². The number of unbranched alkanes of at least 4 members (excludes halogenated alkanes) is 28. The molecule has 1 unspecified atom stereocenters. The van der Waals surface area contributed by atoms with Crippen LogP contribution in [0.1, 0.15) is 258 Å². The lowest BCUT2D eigenvalue weighted by Crippen LogP contribution is -2.28. The van der Waals surface area contributed by atoms with Crippen molar-refractivity contribution in [2.24, 2.45) is 0 Å². The predicted molar refractivity (Wildman–Crippen MR) is 270 cm³/mol. The molecule has 62 heavy (non-hydrogen) atoms. The van der Waals surface area contributed by atoms with Gasteiger partial charge in [0.1, 0.15) is 6.61 Å². The zero-order chi connectivity index (χ0) is 44.9. The minimum absolute atomic E-state index is 0.0631. The van der Waals surface area contributed by atoms with Crippen molar-refractivity contribution in [3.63, 3.8) is 0 Å². The number of ether oxygens (including phenoxy) is 2. The highest BCUT2D eigenvalue weighted by molar-refractivity contribution is 5.70. The van der Waals surface area contributed by atoms with Crippen molar-refractivity contribution < 1.29 is 24.2 Å². The van der Waals surface area contributed by atoms with Crippen LogP contribution in [-0.2, 0) is 19.1 Å². The van der Waals surface area contributed by atoms with Crippen LogP contribution in [0.3, 0.4) is 0 Å². The van der Waals surface area contributed by atoms with Crippen molar-refractivity contribution in [1.82, 2.24) is 0 Å². The number of allylic oxidation sites excluding steroid dienone is 12. The molecule has 0 aliphatic heterocycles. The summed E-state index contributed by atoms with van der Waals surface area (Å²) >= 11 is 0. The molecule has 0 spiro atoms. The normalized spacial score (nSPS) is 12.8. The van der Waals surface area contributed by atoms with Crippen LogP contribution in [0.2, 0.25) is 0 Å². The van der Waals surface area contributed by atoms with Crippen LogP contribution in [0.25, 0.3) is 0 Å². The fourth-order valence-electron chi connectivity index (χ4n) is 7.56. The fourth-order valence-corrected chi connectivity index (χ4v) is 7.56. The Hall–Kier alpha value is -2.66. The lowest BCUT2D eigenvalue weighted by atomic mass is 10.0. The predicted octanol–water partition coefficient (Wildman–Crippen LogP) is 17.6. The largest absolute Gasteiger partial charge is 0.462 e. The minimum Gasteiger partial charge on any atom is -0.462 e. The molecule has 0 saturated heterocycles. The summed E-state index contributed by atoms with van der Waals surface area (Å²) in [6.07, 6.45) is 71.5. The number of esters is 2. The molecule has 0 heterocycles. The Bertz CT molecular complexity index is 1110. The van der Waals surface area contributed by atoms with E-state index in [1.165, 1.54) is 154 Å². The number of hydrogen-bond acceptors (Lipinski definition) is 5. The molecule has 0 amide bonds. The summed E-state index contributed by atoms with van der Waals surface area (Å²) in [7, 11) is 0. The third kappa shape index (κ3) is 50.0. The van der Waals surface area contributed by atoms with Gasteiger partial charge in [0.05, 0.1) is 6.61 Å². The van der Waals surface area contributed by atoms with Crippen LogP contribution in [-0.4, -0.2) is 36.4 Å². The topological polar surface area (TPSA) is 72.8 Å². The second-order valence-corrected chi connectivity index (χ2v) is 17.6. The number of aliphatic hydroxyl groups is 1. The van der Waals surface area contributed by atoms with E-state index in [1.807, 2.05) is 0 Å². The molecular weight excluding hydrogens is 765 g/mol. The van der Waals surface area contributed by atoms with Crippen LogP contribution in [0, 0.1) is 0 Å². The number of carbonyl (C=O) groups is 2. The highest BCUT2D eigenvalue weighted by Gasteiger charge is 2.16. The Balaban J connectivity index is 3.46. The molecule has 0 radical (unpaired) electrons. The fraction of sp³-hybridized carbons (Fsp3) is 0.754. The molecule has 0 aromatic carbocycles. The van der Waals surface area contributed by atoms with E-state index in [-0.39, 0.29) is 25.2 Å². The van der Waals surface area contributed by atoms with Crippen molar-refractivity contribution in [3.05, 3.63) is 72.9 Å². The third-order valence-corrected chi connectivity index (χ3v) is 11.5. The van der Waals surface area contributed by atoms with E-state index in [1.54, 1.807) is 0 Å². The molecule has 0 aliphatic rings. The Morgan fingerprint density at radius 1 is 0.387 bits per heavy atom. The Kier molecular flexibility index (Phi) is 50.4. The van der Waals surface area contributed by atoms with Gasteiger partial charge in [-0.2, -0.15) is 0 Å². The quantitative estimate of drug-likeness (QED) is 0.0375. The van der Waals surface area contributed by atoms with Crippen molar-refractivity contribution >= 4 is 11.9 Å². The molecular formula is C57H100O5. The summed E-state index contributed by atoms with van der Waals surface area (Å²) in [5.41, 5.74) is 0. The summed E-state index contributed by atoms with van der Waals surface area (Å²) in [6.45, 7) is 4.04.